The molecule has 3 amide bonds. The van der Waals surface area contributed by atoms with Crippen LogP contribution in [0.5, 0.6) is 0 Å². The number of nitrogens with one attached hydrogen (secondary N) is 1. The molecule has 2 aliphatic rings. The molecule has 1 N–H and O–H groups in total. The van der Waals surface area contributed by atoms with E-state index in [2.05, 4.69) is 21.2 Å². The molecule has 0 atom stereocenters. The van der Waals surface area contributed by atoms with Crippen LogP contribution in [0.4, 0.5) is 16.2 Å². The van der Waals surface area contributed by atoms with Crippen LogP contribution in [0.25, 0.3) is 0 Å². The van der Waals surface area contributed by atoms with Gasteiger partial charge < -0.3 is 15.1 Å². The van der Waals surface area contributed by atoms with E-state index in [1.165, 1.54) is 12.1 Å². The monoisotopic (exact) mass is 396 g/mol. The average molecular weight is 397 g/mol. The van der Waals surface area contributed by atoms with Gasteiger partial charge in [-0.3, -0.25) is 14.9 Å². The van der Waals surface area contributed by atoms with Gasteiger partial charge in [-0.05, 0) is 40.9 Å². The number of halogens is 1. The molecule has 1 aromatic rings. The van der Waals surface area contributed by atoms with Crippen molar-refractivity contribution < 1.29 is 14.5 Å². The summed E-state index contributed by atoms with van der Waals surface area (Å²) in [6.07, 6.45) is 1.95. The van der Waals surface area contributed by atoms with E-state index in [0.29, 0.717) is 36.3 Å². The lowest BCUT2D eigenvalue weighted by Crippen LogP contribution is -2.52. The number of carbonyl (C=O) groups excluding carboxylic acids is 2. The van der Waals surface area contributed by atoms with Crippen LogP contribution in [0.1, 0.15) is 12.8 Å². The molecule has 1 aliphatic heterocycles. The maximum atomic E-state index is 12.3. The number of rotatable bonds is 3. The lowest BCUT2D eigenvalue weighted by Gasteiger charge is -2.34. The van der Waals surface area contributed by atoms with Gasteiger partial charge in [-0.2, -0.15) is 0 Å². The lowest BCUT2D eigenvalue weighted by atomic mass is 10.2. The van der Waals surface area contributed by atoms with Crippen LogP contribution in [0.3, 0.4) is 0 Å². The number of urea groups is 1. The van der Waals surface area contributed by atoms with Crippen molar-refractivity contribution in [1.82, 2.24) is 9.80 Å². The molecule has 0 radical (unpaired) electrons. The van der Waals surface area contributed by atoms with Gasteiger partial charge >= 0.3 is 6.03 Å². The first-order valence-electron chi connectivity index (χ1n) is 7.74. The Labute approximate surface area is 147 Å². The third-order valence-corrected chi connectivity index (χ3v) is 4.87. The summed E-state index contributed by atoms with van der Waals surface area (Å²) in [6, 6.07) is 4.13. The molecule has 1 aliphatic carbocycles. The number of hydrogen-bond acceptors (Lipinski definition) is 4. The van der Waals surface area contributed by atoms with Crippen molar-refractivity contribution in [3.63, 3.8) is 0 Å². The van der Waals surface area contributed by atoms with E-state index < -0.39 is 4.92 Å². The number of carbonyl (C=O) groups is 2. The first-order chi connectivity index (χ1) is 11.5. The fourth-order valence-corrected chi connectivity index (χ4v) is 3.04. The Balaban J connectivity index is 1.57. The summed E-state index contributed by atoms with van der Waals surface area (Å²) in [5, 5.41) is 13.6. The van der Waals surface area contributed by atoms with Gasteiger partial charge in [-0.25, -0.2) is 4.79 Å². The number of piperazine rings is 1. The molecule has 8 nitrogen and oxygen atoms in total. The van der Waals surface area contributed by atoms with Gasteiger partial charge in [0.05, 0.1) is 9.40 Å². The van der Waals surface area contributed by atoms with E-state index in [4.69, 9.17) is 0 Å². The van der Waals surface area contributed by atoms with E-state index in [0.717, 1.165) is 12.8 Å². The first kappa shape index (κ1) is 16.7. The van der Waals surface area contributed by atoms with Crippen LogP contribution in [0.15, 0.2) is 22.7 Å². The number of nitro benzene ring substituents is 1. The molecule has 0 unspecified atom stereocenters. The summed E-state index contributed by atoms with van der Waals surface area (Å²) >= 11 is 3.11. The minimum absolute atomic E-state index is 0.104. The molecule has 1 heterocycles. The van der Waals surface area contributed by atoms with Gasteiger partial charge in [0.1, 0.15) is 0 Å². The van der Waals surface area contributed by atoms with E-state index in [9.17, 15) is 19.7 Å². The smallest absolute Gasteiger partial charge is 0.321 e. The molecular formula is C15H17BrN4O4. The van der Waals surface area contributed by atoms with Gasteiger partial charge in [-0.15, -0.1) is 0 Å². The Morgan fingerprint density at radius 3 is 2.38 bits per heavy atom. The van der Waals surface area contributed by atoms with Crippen LogP contribution in [0.2, 0.25) is 0 Å². The summed E-state index contributed by atoms with van der Waals surface area (Å²) in [7, 11) is 0. The molecule has 3 rings (SSSR count). The van der Waals surface area contributed by atoms with Crippen molar-refractivity contribution in [2.75, 3.05) is 31.5 Å². The lowest BCUT2D eigenvalue weighted by molar-refractivity contribution is -0.385. The minimum Gasteiger partial charge on any atom is -0.339 e. The van der Waals surface area contributed by atoms with Gasteiger partial charge in [0, 0.05) is 43.9 Å². The third-order valence-electron chi connectivity index (χ3n) is 4.20. The molecule has 1 saturated heterocycles. The standard InChI is InChI=1S/C15H17BrN4O4/c16-12-4-3-11(9-13(12)20(23)24)17-15(22)19-7-5-18(6-8-19)14(21)10-1-2-10/h3-4,9-10H,1-2,5-8H2,(H,17,22). The summed E-state index contributed by atoms with van der Waals surface area (Å²) < 4.78 is 0.359. The molecular weight excluding hydrogens is 380 g/mol. The van der Waals surface area contributed by atoms with Crippen molar-refractivity contribution in [2.24, 2.45) is 5.92 Å². The summed E-state index contributed by atoms with van der Waals surface area (Å²) in [5.41, 5.74) is 0.263. The molecule has 0 spiro atoms. The average Bonchev–Trinajstić information content (AvgIpc) is 3.41. The quantitative estimate of drug-likeness (QED) is 0.626. The Bertz CT molecular complexity index is 684. The highest BCUT2D eigenvalue weighted by molar-refractivity contribution is 9.10. The van der Waals surface area contributed by atoms with Gasteiger partial charge in [-0.1, -0.05) is 0 Å². The van der Waals surface area contributed by atoms with Crippen LogP contribution in [0, 0.1) is 16.0 Å². The van der Waals surface area contributed by atoms with Crippen LogP contribution in [-0.2, 0) is 4.79 Å². The second-order valence-corrected chi connectivity index (χ2v) is 6.79. The zero-order valence-electron chi connectivity index (χ0n) is 12.9. The number of hydrogen-bond donors (Lipinski definition) is 1. The van der Waals surface area contributed by atoms with Crippen molar-refractivity contribution in [2.45, 2.75) is 12.8 Å². The Kier molecular flexibility index (Phi) is 4.70. The predicted molar refractivity (Wildman–Crippen MR) is 90.7 cm³/mol. The zero-order chi connectivity index (χ0) is 17.3. The van der Waals surface area contributed by atoms with Crippen LogP contribution < -0.4 is 5.32 Å². The molecule has 9 heteroatoms. The summed E-state index contributed by atoms with van der Waals surface area (Å²) in [5.74, 6) is 0.382. The largest absolute Gasteiger partial charge is 0.339 e. The van der Waals surface area contributed by atoms with Crippen LogP contribution >= 0.6 is 15.9 Å². The van der Waals surface area contributed by atoms with E-state index in [1.807, 2.05) is 4.90 Å². The topological polar surface area (TPSA) is 95.8 Å². The number of amides is 3. The maximum absolute atomic E-state index is 12.3. The molecule has 24 heavy (non-hydrogen) atoms. The van der Waals surface area contributed by atoms with E-state index >= 15 is 0 Å². The maximum Gasteiger partial charge on any atom is 0.321 e. The van der Waals surface area contributed by atoms with Crippen molar-refractivity contribution in [3.05, 3.63) is 32.8 Å². The predicted octanol–water partition coefficient (Wildman–Crippen LogP) is 2.44. The minimum atomic E-state index is -0.512. The Morgan fingerprint density at radius 1 is 1.17 bits per heavy atom. The van der Waals surface area contributed by atoms with E-state index in [-0.39, 0.29) is 23.5 Å². The fourth-order valence-electron chi connectivity index (χ4n) is 2.65. The molecule has 1 saturated carbocycles. The molecule has 0 aromatic heterocycles. The number of nitrogens with zero attached hydrogens (tertiary/aromatic N) is 3. The van der Waals surface area contributed by atoms with Crippen LogP contribution in [-0.4, -0.2) is 52.8 Å². The first-order valence-corrected chi connectivity index (χ1v) is 8.53. The Morgan fingerprint density at radius 2 is 1.79 bits per heavy atom. The molecule has 2 fully saturated rings. The number of anilines is 1. The fraction of sp³-hybridized carbons (Fsp3) is 0.467. The zero-order valence-corrected chi connectivity index (χ0v) is 14.5. The van der Waals surface area contributed by atoms with Gasteiger partial charge in [0.15, 0.2) is 0 Å². The van der Waals surface area contributed by atoms with E-state index in [1.54, 1.807) is 11.0 Å². The summed E-state index contributed by atoms with van der Waals surface area (Å²) in [6.45, 7) is 1.98. The second kappa shape index (κ2) is 6.76. The normalized spacial score (nSPS) is 17.5. The number of nitro groups is 1. The highest BCUT2D eigenvalue weighted by atomic mass is 79.9. The molecule has 0 bridgehead atoms. The highest BCUT2D eigenvalue weighted by Crippen LogP contribution is 2.31. The summed E-state index contributed by atoms with van der Waals surface area (Å²) in [4.78, 5) is 38.1. The van der Waals surface area contributed by atoms with Crippen molar-refractivity contribution >= 4 is 39.2 Å². The third kappa shape index (κ3) is 3.66. The highest BCUT2D eigenvalue weighted by Gasteiger charge is 2.35. The number of benzene rings is 1. The second-order valence-electron chi connectivity index (χ2n) is 5.94. The van der Waals surface area contributed by atoms with Crippen molar-refractivity contribution in [1.29, 1.82) is 0 Å². The molecule has 1 aromatic carbocycles. The Hall–Kier alpha value is -2.16. The van der Waals surface area contributed by atoms with Crippen molar-refractivity contribution in [3.8, 4) is 0 Å². The molecule has 128 valence electrons. The van der Waals surface area contributed by atoms with Gasteiger partial charge in [0.25, 0.3) is 5.69 Å². The SMILES string of the molecule is O=C(Nc1ccc(Br)c([N+](=O)[O-])c1)N1CCN(C(=O)C2CC2)CC1. The van der Waals surface area contributed by atoms with Gasteiger partial charge in [0.2, 0.25) is 5.91 Å².